The van der Waals surface area contributed by atoms with Crippen molar-refractivity contribution in [3.8, 4) is 5.75 Å². The molecule has 0 aliphatic carbocycles. The molecule has 0 radical (unpaired) electrons. The number of hydrogen-bond acceptors (Lipinski definition) is 4. The topological polar surface area (TPSA) is 58.6 Å². The average Bonchev–Trinajstić information content (AvgIpc) is 3.04. The van der Waals surface area contributed by atoms with Gasteiger partial charge in [0, 0.05) is 11.3 Å². The quantitative estimate of drug-likeness (QED) is 0.494. The van der Waals surface area contributed by atoms with Crippen molar-refractivity contribution in [2.24, 2.45) is 0 Å². The minimum absolute atomic E-state index is 0.0507. The lowest BCUT2D eigenvalue weighted by molar-refractivity contribution is -0.138. The smallest absolute Gasteiger partial charge is 0.416 e. The standard InChI is InChI=1S/C26H21F3N2O3/c1-16-10-12-17(13-11-16)22-23(30-20-8-5-7-19(14-20)26(27,28)29)25(33)31(24(22)32)15-18-6-3-4-9-21(18)34-2/h3-14,30H,15H2,1-2H3. The number of hydrogen-bond donors (Lipinski definition) is 1. The summed E-state index contributed by atoms with van der Waals surface area (Å²) in [6.07, 6.45) is -4.54. The first-order valence-electron chi connectivity index (χ1n) is 10.4. The molecule has 34 heavy (non-hydrogen) atoms. The highest BCUT2D eigenvalue weighted by Crippen LogP contribution is 2.35. The summed E-state index contributed by atoms with van der Waals surface area (Å²) in [6, 6.07) is 18.5. The van der Waals surface area contributed by atoms with Crippen molar-refractivity contribution in [2.75, 3.05) is 12.4 Å². The number of nitrogens with one attached hydrogen (secondary N) is 1. The molecule has 1 N–H and O–H groups in total. The molecule has 0 saturated heterocycles. The second-order valence-corrected chi connectivity index (χ2v) is 7.83. The Kier molecular flexibility index (Phi) is 6.15. The normalized spacial score (nSPS) is 14.1. The van der Waals surface area contributed by atoms with E-state index in [2.05, 4.69) is 5.32 Å². The highest BCUT2D eigenvalue weighted by atomic mass is 19.4. The van der Waals surface area contributed by atoms with Crippen LogP contribution in [0.4, 0.5) is 18.9 Å². The molecule has 3 aromatic carbocycles. The Labute approximate surface area is 194 Å². The lowest BCUT2D eigenvalue weighted by Gasteiger charge is -2.17. The van der Waals surface area contributed by atoms with Gasteiger partial charge >= 0.3 is 6.18 Å². The largest absolute Gasteiger partial charge is 0.496 e. The Morgan fingerprint density at radius 1 is 0.912 bits per heavy atom. The lowest BCUT2D eigenvalue weighted by atomic mass is 10.0. The zero-order valence-electron chi connectivity index (χ0n) is 18.4. The maximum Gasteiger partial charge on any atom is 0.416 e. The second kappa shape index (κ2) is 9.05. The zero-order valence-corrected chi connectivity index (χ0v) is 18.4. The van der Waals surface area contributed by atoms with E-state index in [1.807, 2.05) is 6.92 Å². The fourth-order valence-corrected chi connectivity index (χ4v) is 3.75. The molecule has 0 spiro atoms. The van der Waals surface area contributed by atoms with E-state index in [9.17, 15) is 22.8 Å². The third-order valence-corrected chi connectivity index (χ3v) is 5.49. The van der Waals surface area contributed by atoms with Crippen LogP contribution in [0.3, 0.4) is 0 Å². The Hall–Kier alpha value is -4.07. The summed E-state index contributed by atoms with van der Waals surface area (Å²) in [4.78, 5) is 27.9. The second-order valence-electron chi connectivity index (χ2n) is 7.83. The van der Waals surface area contributed by atoms with E-state index >= 15 is 0 Å². The third-order valence-electron chi connectivity index (χ3n) is 5.49. The molecule has 0 bridgehead atoms. The number of carbonyl (C=O) groups is 2. The van der Waals surface area contributed by atoms with Gasteiger partial charge in [-0.2, -0.15) is 13.2 Å². The van der Waals surface area contributed by atoms with Crippen molar-refractivity contribution >= 4 is 23.1 Å². The fourth-order valence-electron chi connectivity index (χ4n) is 3.75. The van der Waals surface area contributed by atoms with E-state index < -0.39 is 23.6 Å². The summed E-state index contributed by atoms with van der Waals surface area (Å²) in [6.45, 7) is 1.83. The summed E-state index contributed by atoms with van der Waals surface area (Å²) in [5, 5.41) is 2.78. The van der Waals surface area contributed by atoms with Crippen LogP contribution in [0.2, 0.25) is 0 Å². The molecule has 174 valence electrons. The monoisotopic (exact) mass is 466 g/mol. The molecule has 1 aliphatic heterocycles. The van der Waals surface area contributed by atoms with Crippen molar-refractivity contribution < 1.29 is 27.5 Å². The molecule has 0 atom stereocenters. The molecule has 2 amide bonds. The molecular formula is C26H21F3N2O3. The molecule has 1 heterocycles. The molecule has 0 unspecified atom stereocenters. The number of aryl methyl sites for hydroxylation is 1. The van der Waals surface area contributed by atoms with E-state index in [4.69, 9.17) is 4.74 Å². The van der Waals surface area contributed by atoms with Gasteiger partial charge in [-0.3, -0.25) is 14.5 Å². The molecule has 0 saturated carbocycles. The molecule has 0 fully saturated rings. The van der Waals surface area contributed by atoms with E-state index in [1.54, 1.807) is 48.5 Å². The predicted molar refractivity (Wildman–Crippen MR) is 122 cm³/mol. The van der Waals surface area contributed by atoms with Crippen LogP contribution in [-0.4, -0.2) is 23.8 Å². The average molecular weight is 466 g/mol. The van der Waals surface area contributed by atoms with E-state index in [0.29, 0.717) is 16.9 Å². The number of carbonyl (C=O) groups excluding carboxylic acids is 2. The number of anilines is 1. The van der Waals surface area contributed by atoms with Crippen molar-refractivity contribution in [3.05, 3.63) is 101 Å². The van der Waals surface area contributed by atoms with E-state index in [0.717, 1.165) is 22.6 Å². The lowest BCUT2D eigenvalue weighted by Crippen LogP contribution is -2.32. The van der Waals surface area contributed by atoms with Crippen LogP contribution in [0.1, 0.15) is 22.3 Å². The van der Waals surface area contributed by atoms with Crippen LogP contribution in [0.25, 0.3) is 5.57 Å². The molecule has 4 rings (SSSR count). The summed E-state index contributed by atoms with van der Waals surface area (Å²) < 4.78 is 44.9. The minimum atomic E-state index is -4.54. The Morgan fingerprint density at radius 2 is 1.62 bits per heavy atom. The fraction of sp³-hybridized carbons (Fsp3) is 0.154. The SMILES string of the molecule is COc1ccccc1CN1C(=O)C(Nc2cccc(C(F)(F)F)c2)=C(c2ccc(C)cc2)C1=O. The summed E-state index contributed by atoms with van der Waals surface area (Å²) in [5.74, 6) is -0.669. The van der Waals surface area contributed by atoms with Crippen LogP contribution in [0, 0.1) is 6.92 Å². The van der Waals surface area contributed by atoms with Crippen molar-refractivity contribution in [1.82, 2.24) is 4.90 Å². The predicted octanol–water partition coefficient (Wildman–Crippen LogP) is 5.41. The van der Waals surface area contributed by atoms with Gasteiger partial charge in [0.25, 0.3) is 11.8 Å². The highest BCUT2D eigenvalue weighted by Gasteiger charge is 2.40. The maximum atomic E-state index is 13.4. The van der Waals surface area contributed by atoms with Gasteiger partial charge in [0.1, 0.15) is 11.4 Å². The van der Waals surface area contributed by atoms with Gasteiger partial charge in [0.15, 0.2) is 0 Å². The Morgan fingerprint density at radius 3 is 2.29 bits per heavy atom. The summed E-state index contributed by atoms with van der Waals surface area (Å²) in [5.41, 5.74) is 1.27. The van der Waals surface area contributed by atoms with Gasteiger partial charge in [-0.1, -0.05) is 54.1 Å². The third kappa shape index (κ3) is 4.52. The van der Waals surface area contributed by atoms with Crippen LogP contribution >= 0.6 is 0 Å². The molecule has 1 aliphatic rings. The number of para-hydroxylation sites is 1. The number of ether oxygens (including phenoxy) is 1. The van der Waals surface area contributed by atoms with Gasteiger partial charge in [0.05, 0.1) is 24.8 Å². The van der Waals surface area contributed by atoms with Gasteiger partial charge < -0.3 is 10.1 Å². The highest BCUT2D eigenvalue weighted by molar-refractivity contribution is 6.36. The minimum Gasteiger partial charge on any atom is -0.496 e. The number of alkyl halides is 3. The van der Waals surface area contributed by atoms with Gasteiger partial charge in [-0.25, -0.2) is 0 Å². The number of amides is 2. The van der Waals surface area contributed by atoms with Gasteiger partial charge in [-0.15, -0.1) is 0 Å². The first-order valence-corrected chi connectivity index (χ1v) is 10.4. The number of benzene rings is 3. The van der Waals surface area contributed by atoms with Crippen LogP contribution in [0.15, 0.2) is 78.5 Å². The molecular weight excluding hydrogens is 445 g/mol. The van der Waals surface area contributed by atoms with Gasteiger partial charge in [0.2, 0.25) is 0 Å². The van der Waals surface area contributed by atoms with Crippen molar-refractivity contribution in [2.45, 2.75) is 19.6 Å². The van der Waals surface area contributed by atoms with E-state index in [-0.39, 0.29) is 23.5 Å². The first kappa shape index (κ1) is 23.1. The van der Waals surface area contributed by atoms with Gasteiger partial charge in [-0.05, 0) is 36.8 Å². The number of rotatable bonds is 6. The Bertz CT molecular complexity index is 1280. The summed E-state index contributed by atoms with van der Waals surface area (Å²) in [7, 11) is 1.49. The van der Waals surface area contributed by atoms with Crippen LogP contribution in [-0.2, 0) is 22.3 Å². The van der Waals surface area contributed by atoms with Crippen LogP contribution < -0.4 is 10.1 Å². The Balaban J connectivity index is 1.75. The zero-order chi connectivity index (χ0) is 24.5. The number of nitrogens with zero attached hydrogens (tertiary/aromatic N) is 1. The first-order chi connectivity index (χ1) is 16.2. The van der Waals surface area contributed by atoms with Crippen LogP contribution in [0.5, 0.6) is 5.75 Å². The number of imide groups is 1. The molecule has 3 aromatic rings. The number of halogens is 3. The molecule has 0 aromatic heterocycles. The molecule has 8 heteroatoms. The maximum absolute atomic E-state index is 13.4. The van der Waals surface area contributed by atoms with Crippen molar-refractivity contribution in [1.29, 1.82) is 0 Å². The molecule has 5 nitrogen and oxygen atoms in total. The number of methoxy groups -OCH3 is 1. The van der Waals surface area contributed by atoms with E-state index in [1.165, 1.54) is 19.2 Å². The van der Waals surface area contributed by atoms with Crippen molar-refractivity contribution in [3.63, 3.8) is 0 Å². The summed E-state index contributed by atoms with van der Waals surface area (Å²) >= 11 is 0.